The topological polar surface area (TPSA) is 93.1 Å². The maximum Gasteiger partial charge on any atom is 0.341 e. The molecule has 0 heterocycles. The Balaban J connectivity index is 1.93. The molecule has 6 nitrogen and oxygen atoms in total. The fourth-order valence-electron chi connectivity index (χ4n) is 5.34. The second-order valence-electron chi connectivity index (χ2n) is 9.03. The highest BCUT2D eigenvalue weighted by Crippen LogP contribution is 2.57. The van der Waals surface area contributed by atoms with Gasteiger partial charge in [0.05, 0.1) is 18.6 Å². The quantitative estimate of drug-likeness (QED) is 0.187. The smallest absolute Gasteiger partial charge is 0.341 e. The largest absolute Gasteiger partial charge is 0.507 e. The number of hydrogen-bond donors (Lipinski definition) is 2. The Kier molecular flexibility index (Phi) is 7.27. The van der Waals surface area contributed by atoms with Gasteiger partial charge in [-0.15, -0.1) is 0 Å². The lowest BCUT2D eigenvalue weighted by Gasteiger charge is -2.34. The van der Waals surface area contributed by atoms with Crippen molar-refractivity contribution in [2.45, 2.75) is 19.3 Å². The number of benzene rings is 4. The summed E-state index contributed by atoms with van der Waals surface area (Å²) in [6, 6.07) is 21.7. The molecule has 0 amide bonds. The molecule has 198 valence electrons. The molecule has 0 unspecified atom stereocenters. The Morgan fingerprint density at radius 3 is 1.46 bits per heavy atom. The van der Waals surface area contributed by atoms with E-state index in [9.17, 15) is 19.8 Å². The molecule has 5 rings (SSSR count). The average molecular weight is 652 g/mol. The molecule has 8 heteroatoms. The van der Waals surface area contributed by atoms with E-state index in [0.717, 1.165) is 31.2 Å². The molecule has 1 aliphatic rings. The summed E-state index contributed by atoms with van der Waals surface area (Å²) in [4.78, 5) is 25.7. The molecule has 0 bridgehead atoms. The zero-order valence-electron chi connectivity index (χ0n) is 21.1. The van der Waals surface area contributed by atoms with Gasteiger partial charge in [-0.2, -0.15) is 0 Å². The van der Waals surface area contributed by atoms with Crippen molar-refractivity contribution in [1.29, 1.82) is 0 Å². The van der Waals surface area contributed by atoms with E-state index in [0.29, 0.717) is 11.1 Å². The van der Waals surface area contributed by atoms with Crippen LogP contribution in [0.5, 0.6) is 11.5 Å². The number of phenols is 2. The molecule has 0 saturated heterocycles. The highest BCUT2D eigenvalue weighted by atomic mass is 79.9. The first-order valence-electron chi connectivity index (χ1n) is 12.3. The van der Waals surface area contributed by atoms with Gasteiger partial charge < -0.3 is 19.7 Å². The van der Waals surface area contributed by atoms with Gasteiger partial charge in [0.2, 0.25) is 0 Å². The number of carbonyl (C=O) groups excluding carboxylic acids is 2. The van der Waals surface area contributed by atoms with Crippen LogP contribution in [0, 0.1) is 0 Å². The number of phenolic OH excluding ortho intramolecular Hbond substituents is 2. The summed E-state index contributed by atoms with van der Waals surface area (Å²) in [5.41, 5.74) is 4.07. The molecular weight excluding hydrogens is 628 g/mol. The Bertz CT molecular complexity index is 1510. The van der Waals surface area contributed by atoms with Gasteiger partial charge in [-0.3, -0.25) is 0 Å². The van der Waals surface area contributed by atoms with E-state index in [2.05, 4.69) is 31.9 Å². The maximum absolute atomic E-state index is 12.8. The molecule has 0 spiro atoms. The molecule has 4 aromatic rings. The van der Waals surface area contributed by atoms with Crippen molar-refractivity contribution in [2.24, 2.45) is 0 Å². The number of esters is 2. The monoisotopic (exact) mass is 650 g/mol. The summed E-state index contributed by atoms with van der Waals surface area (Å²) in [6.07, 6.45) is 0. The summed E-state index contributed by atoms with van der Waals surface area (Å²) in [7, 11) is 0. The number of rotatable bonds is 6. The van der Waals surface area contributed by atoms with E-state index in [-0.39, 0.29) is 35.8 Å². The first-order valence-corrected chi connectivity index (χ1v) is 13.9. The average Bonchev–Trinajstić information content (AvgIpc) is 3.18. The SMILES string of the molecule is CCOC(=O)c1cc(C2(c3ccc(O)c(C(=O)OCC)c3)c3cc(Br)ccc3-c3ccc(Br)cc32)ccc1O. The van der Waals surface area contributed by atoms with Gasteiger partial charge in [0.1, 0.15) is 22.6 Å². The Morgan fingerprint density at radius 2 is 1.08 bits per heavy atom. The van der Waals surface area contributed by atoms with Crippen LogP contribution >= 0.6 is 31.9 Å². The van der Waals surface area contributed by atoms with E-state index < -0.39 is 17.4 Å². The van der Waals surface area contributed by atoms with Gasteiger partial charge in [-0.1, -0.05) is 56.1 Å². The number of fused-ring (bicyclic) bond motifs is 3. The van der Waals surface area contributed by atoms with Crippen LogP contribution in [-0.2, 0) is 14.9 Å². The van der Waals surface area contributed by atoms with Crippen molar-refractivity contribution in [3.63, 3.8) is 0 Å². The van der Waals surface area contributed by atoms with Gasteiger partial charge in [0.25, 0.3) is 0 Å². The van der Waals surface area contributed by atoms with Gasteiger partial charge in [0.15, 0.2) is 0 Å². The third-order valence-electron chi connectivity index (χ3n) is 6.91. The highest BCUT2D eigenvalue weighted by molar-refractivity contribution is 9.10. The number of hydrogen-bond acceptors (Lipinski definition) is 6. The van der Waals surface area contributed by atoms with Crippen LogP contribution in [0.2, 0.25) is 0 Å². The Morgan fingerprint density at radius 1 is 0.667 bits per heavy atom. The minimum atomic E-state index is -1.04. The van der Waals surface area contributed by atoms with Crippen molar-refractivity contribution >= 4 is 43.8 Å². The molecule has 39 heavy (non-hydrogen) atoms. The van der Waals surface area contributed by atoms with E-state index in [1.54, 1.807) is 38.1 Å². The van der Waals surface area contributed by atoms with E-state index >= 15 is 0 Å². The lowest BCUT2D eigenvalue weighted by atomic mass is 9.67. The molecule has 0 atom stereocenters. The van der Waals surface area contributed by atoms with Crippen LogP contribution in [0.15, 0.2) is 81.7 Å². The zero-order valence-corrected chi connectivity index (χ0v) is 24.3. The minimum absolute atomic E-state index is 0.0260. The van der Waals surface area contributed by atoms with Crippen LogP contribution in [-0.4, -0.2) is 35.4 Å². The number of ether oxygens (including phenoxy) is 2. The van der Waals surface area contributed by atoms with Gasteiger partial charge in [-0.05, 0) is 95.8 Å². The predicted octanol–water partition coefficient (Wildman–Crippen LogP) is 7.34. The second kappa shape index (κ2) is 10.5. The van der Waals surface area contributed by atoms with E-state index in [1.165, 1.54) is 12.1 Å². The van der Waals surface area contributed by atoms with Crippen LogP contribution < -0.4 is 0 Å². The lowest BCUT2D eigenvalue weighted by molar-refractivity contribution is 0.0513. The van der Waals surface area contributed by atoms with E-state index in [4.69, 9.17) is 9.47 Å². The zero-order chi connectivity index (χ0) is 27.9. The molecule has 2 N–H and O–H groups in total. The van der Waals surface area contributed by atoms with Crippen molar-refractivity contribution in [1.82, 2.24) is 0 Å². The Labute approximate surface area is 242 Å². The van der Waals surface area contributed by atoms with Crippen LogP contribution in [0.4, 0.5) is 0 Å². The van der Waals surface area contributed by atoms with Gasteiger partial charge in [0, 0.05) is 8.95 Å². The van der Waals surface area contributed by atoms with Gasteiger partial charge in [-0.25, -0.2) is 9.59 Å². The van der Waals surface area contributed by atoms with Crippen molar-refractivity contribution in [3.05, 3.63) is 115 Å². The van der Waals surface area contributed by atoms with Crippen LogP contribution in [0.25, 0.3) is 11.1 Å². The lowest BCUT2D eigenvalue weighted by Crippen LogP contribution is -2.29. The highest BCUT2D eigenvalue weighted by Gasteiger charge is 2.47. The van der Waals surface area contributed by atoms with Crippen molar-refractivity contribution < 1.29 is 29.3 Å². The molecule has 0 aliphatic heterocycles. The summed E-state index contributed by atoms with van der Waals surface area (Å²) < 4.78 is 12.1. The first kappa shape index (κ1) is 27.0. The molecule has 0 aromatic heterocycles. The summed E-state index contributed by atoms with van der Waals surface area (Å²) >= 11 is 7.25. The molecule has 1 aliphatic carbocycles. The molecule has 4 aromatic carbocycles. The third-order valence-corrected chi connectivity index (χ3v) is 7.90. The molecule has 0 fully saturated rings. The fraction of sp³-hybridized carbons (Fsp3) is 0.161. The predicted molar refractivity (Wildman–Crippen MR) is 154 cm³/mol. The molecular formula is C31H24Br2O6. The molecule has 0 saturated carbocycles. The van der Waals surface area contributed by atoms with E-state index in [1.807, 2.05) is 36.4 Å². The maximum atomic E-state index is 12.8. The number of halogens is 2. The fourth-order valence-corrected chi connectivity index (χ4v) is 6.06. The second-order valence-corrected chi connectivity index (χ2v) is 10.9. The Hall–Kier alpha value is -3.62. The molecule has 0 radical (unpaired) electrons. The number of carbonyl (C=O) groups is 2. The van der Waals surface area contributed by atoms with Gasteiger partial charge >= 0.3 is 11.9 Å². The third kappa shape index (κ3) is 4.41. The standard InChI is InChI=1S/C31H24Br2O6/c1-3-38-29(36)23-13-17(5-11-27(23)34)31(18-6-12-28(35)24(14-18)30(37)39-4-2)25-15-19(32)7-9-21(25)22-10-8-20(33)16-26(22)31/h5-16,34-35H,3-4H2,1-2H3. The van der Waals surface area contributed by atoms with Crippen LogP contribution in [0.1, 0.15) is 56.8 Å². The summed E-state index contributed by atoms with van der Waals surface area (Å²) in [5.74, 6) is -1.70. The van der Waals surface area contributed by atoms with Crippen LogP contribution in [0.3, 0.4) is 0 Å². The first-order chi connectivity index (χ1) is 18.7. The summed E-state index contributed by atoms with van der Waals surface area (Å²) in [6.45, 7) is 3.71. The normalized spacial score (nSPS) is 12.9. The summed E-state index contributed by atoms with van der Waals surface area (Å²) in [5, 5.41) is 21.2. The number of aromatic hydroxyl groups is 2. The van der Waals surface area contributed by atoms with Crippen molar-refractivity contribution in [2.75, 3.05) is 13.2 Å². The van der Waals surface area contributed by atoms with Crippen molar-refractivity contribution in [3.8, 4) is 22.6 Å². The minimum Gasteiger partial charge on any atom is -0.507 e.